The summed E-state index contributed by atoms with van der Waals surface area (Å²) in [4.78, 5) is 73.2. The number of β-amino-alcohol motifs (C(OH)–C–C–N with tert-alkyl or cyclic N) is 1. The molecular formula is C58H73N13O7. The molecule has 5 aliphatic heterocycles. The first-order chi connectivity index (χ1) is 37.6. The van der Waals surface area contributed by atoms with Crippen LogP contribution in [0.4, 0.5) is 10.7 Å². The SMILES string of the molecule is C#Cc1ccc(CNC=O)cc1.CC1c2c([nH]c3nnc(-c4ccccc4O)cc23)CCN1c1ncc(C2CCN(C3CC4(C3)CN(C(=O)NC(C(=O)N3CCC(O)C3)C(C)(C)CCN3CCNC(C(=O)O)C3)C4)CC2)cn1. The maximum absolute atomic E-state index is 14.0. The molecule has 20 nitrogen and oxygen atoms in total. The van der Waals surface area contributed by atoms with E-state index >= 15 is 0 Å². The quantitative estimate of drug-likeness (QED) is 0.0607. The molecule has 7 N–H and O–H groups in total. The number of aliphatic carboxylic acids is 1. The highest BCUT2D eigenvalue weighted by Gasteiger charge is 2.56. The third-order valence-electron chi connectivity index (χ3n) is 17.4. The molecule has 8 heterocycles. The molecule has 0 bridgehead atoms. The summed E-state index contributed by atoms with van der Waals surface area (Å²) >= 11 is 0. The lowest BCUT2D eigenvalue weighted by molar-refractivity contribution is -0.140. The number of piperazine rings is 1. The number of hydrogen-bond donors (Lipinski definition) is 7. The number of carbonyl (C=O) groups is 4. The number of aromatic hydroxyl groups is 1. The lowest BCUT2D eigenvalue weighted by Gasteiger charge is -2.61. The van der Waals surface area contributed by atoms with E-state index in [2.05, 4.69) is 58.7 Å². The molecule has 1 saturated carbocycles. The Labute approximate surface area is 455 Å². The van der Waals surface area contributed by atoms with E-state index in [1.807, 2.05) is 73.6 Å². The van der Waals surface area contributed by atoms with Gasteiger partial charge in [-0.05, 0) is 118 Å². The van der Waals surface area contributed by atoms with Crippen LogP contribution >= 0.6 is 0 Å². The van der Waals surface area contributed by atoms with Crippen molar-refractivity contribution in [1.29, 1.82) is 0 Å². The van der Waals surface area contributed by atoms with Crippen molar-refractivity contribution in [3.63, 3.8) is 0 Å². The number of anilines is 1. The molecule has 2 aromatic carbocycles. The Hall–Kier alpha value is -7.18. The predicted octanol–water partition coefficient (Wildman–Crippen LogP) is 4.25. The topological polar surface area (TPSA) is 249 Å². The molecule has 4 saturated heterocycles. The molecule has 4 amide bonds. The number of nitrogens with one attached hydrogen (secondary N) is 4. The number of piperidine rings is 1. The van der Waals surface area contributed by atoms with Crippen LogP contribution in [0.15, 0.2) is 67.0 Å². The summed E-state index contributed by atoms with van der Waals surface area (Å²) in [5, 5.41) is 48.9. The number of urea groups is 1. The monoisotopic (exact) mass is 1060 g/mol. The predicted molar refractivity (Wildman–Crippen MR) is 294 cm³/mol. The number of H-pyrrole nitrogens is 1. The second kappa shape index (κ2) is 23.0. The van der Waals surface area contributed by atoms with Crippen LogP contribution in [0.5, 0.6) is 5.75 Å². The van der Waals surface area contributed by atoms with Crippen LogP contribution in [0, 0.1) is 23.2 Å². The number of amides is 4. The summed E-state index contributed by atoms with van der Waals surface area (Å²) < 4.78 is 0. The number of aromatic nitrogens is 5. The van der Waals surface area contributed by atoms with Crippen molar-refractivity contribution in [3.05, 3.63) is 94.9 Å². The molecule has 5 fully saturated rings. The van der Waals surface area contributed by atoms with Gasteiger partial charge in [0.15, 0.2) is 5.65 Å². The molecule has 1 spiro atoms. The number of likely N-dealkylation sites (tertiary alicyclic amines) is 3. The first-order valence-electron chi connectivity index (χ1n) is 27.5. The van der Waals surface area contributed by atoms with Crippen molar-refractivity contribution >= 4 is 41.3 Å². The highest BCUT2D eigenvalue weighted by atomic mass is 16.4. The van der Waals surface area contributed by atoms with E-state index in [-0.39, 0.29) is 35.7 Å². The maximum Gasteiger partial charge on any atom is 0.322 e. The fourth-order valence-electron chi connectivity index (χ4n) is 12.6. The molecule has 78 heavy (non-hydrogen) atoms. The molecule has 20 heteroatoms. The Morgan fingerprint density at radius 3 is 2.38 bits per heavy atom. The normalized spacial score (nSPS) is 22.1. The van der Waals surface area contributed by atoms with Crippen LogP contribution < -0.4 is 20.9 Å². The number of nitrogens with zero attached hydrogens (tertiary/aromatic N) is 9. The zero-order valence-corrected chi connectivity index (χ0v) is 44.9. The number of aromatic amines is 1. The molecule has 6 aliphatic rings. The van der Waals surface area contributed by atoms with Gasteiger partial charge in [0.05, 0.1) is 17.8 Å². The van der Waals surface area contributed by atoms with Gasteiger partial charge in [0.1, 0.15) is 17.8 Å². The summed E-state index contributed by atoms with van der Waals surface area (Å²) in [5.74, 6) is 2.77. The number of aliphatic hydroxyl groups excluding tert-OH is 1. The summed E-state index contributed by atoms with van der Waals surface area (Å²) in [6, 6.07) is 15.6. The van der Waals surface area contributed by atoms with Gasteiger partial charge in [-0.25, -0.2) is 14.8 Å². The van der Waals surface area contributed by atoms with Crippen molar-refractivity contribution < 1.29 is 34.5 Å². The molecule has 3 aromatic heterocycles. The van der Waals surface area contributed by atoms with Crippen molar-refractivity contribution in [2.24, 2.45) is 10.8 Å². The molecular weight excluding hydrogens is 991 g/mol. The summed E-state index contributed by atoms with van der Waals surface area (Å²) in [5.41, 5.74) is 6.92. The van der Waals surface area contributed by atoms with Crippen LogP contribution in [0.1, 0.15) is 99.2 Å². The van der Waals surface area contributed by atoms with Crippen molar-refractivity contribution in [2.45, 2.75) is 108 Å². The van der Waals surface area contributed by atoms with E-state index in [0.29, 0.717) is 88.3 Å². The van der Waals surface area contributed by atoms with Gasteiger partial charge in [0.2, 0.25) is 18.3 Å². The number of carboxylic acid groups (broad SMARTS) is 1. The number of para-hydroxylation sites is 1. The Morgan fingerprint density at radius 1 is 0.962 bits per heavy atom. The van der Waals surface area contributed by atoms with E-state index in [4.69, 9.17) is 16.4 Å². The first-order valence-corrected chi connectivity index (χ1v) is 27.5. The smallest absolute Gasteiger partial charge is 0.322 e. The van der Waals surface area contributed by atoms with Crippen LogP contribution in [0.25, 0.3) is 22.3 Å². The molecule has 4 unspecified atom stereocenters. The number of carboxylic acids is 1. The number of rotatable bonds is 14. The zero-order chi connectivity index (χ0) is 54.7. The van der Waals surface area contributed by atoms with Gasteiger partial charge >= 0.3 is 12.0 Å². The zero-order valence-electron chi connectivity index (χ0n) is 44.9. The second-order valence-electron chi connectivity index (χ2n) is 23.0. The van der Waals surface area contributed by atoms with Gasteiger partial charge < -0.3 is 55.9 Å². The van der Waals surface area contributed by atoms with E-state index in [9.17, 15) is 34.5 Å². The summed E-state index contributed by atoms with van der Waals surface area (Å²) in [6.45, 7) is 13.9. The van der Waals surface area contributed by atoms with Gasteiger partial charge in [0, 0.05) is 117 Å². The number of fused-ring (bicyclic) bond motifs is 3. The average molecular weight is 1060 g/mol. The highest BCUT2D eigenvalue weighted by molar-refractivity contribution is 5.89. The van der Waals surface area contributed by atoms with Crippen molar-refractivity contribution in [2.75, 3.05) is 76.9 Å². The van der Waals surface area contributed by atoms with E-state index in [1.165, 1.54) is 5.56 Å². The molecule has 0 radical (unpaired) electrons. The Kier molecular flexibility index (Phi) is 16.0. The van der Waals surface area contributed by atoms with Gasteiger partial charge in [-0.15, -0.1) is 16.6 Å². The number of benzene rings is 2. The number of phenols is 1. The molecule has 11 rings (SSSR count). The Balaban J connectivity index is 0.000000509. The number of phenolic OH excluding ortho intramolecular Hbond substituents is 1. The minimum absolute atomic E-state index is 0.0144. The van der Waals surface area contributed by atoms with Crippen LogP contribution in [-0.2, 0) is 27.3 Å². The lowest BCUT2D eigenvalue weighted by atomic mass is 9.60. The lowest BCUT2D eigenvalue weighted by Crippen LogP contribution is -2.70. The molecule has 1 aliphatic carbocycles. The average Bonchev–Trinajstić information content (AvgIpc) is 4.09. The highest BCUT2D eigenvalue weighted by Crippen LogP contribution is 2.51. The maximum atomic E-state index is 14.0. The molecule has 4 atom stereocenters. The second-order valence-corrected chi connectivity index (χ2v) is 23.0. The Bertz CT molecular complexity index is 2990. The third-order valence-corrected chi connectivity index (χ3v) is 17.4. The fraction of sp³-hybridized carbons (Fsp3) is 0.517. The van der Waals surface area contributed by atoms with Gasteiger partial charge in [0.25, 0.3) is 0 Å². The van der Waals surface area contributed by atoms with Crippen LogP contribution in [0.2, 0.25) is 0 Å². The standard InChI is InChI=1S/C48H64N12O6.C10H9NO/c1-29-40-35-20-37(34-6-4-5-7-39(34)62)54-55-42(35)52-36(40)11-17-60(29)45-50-23-31(24-51-45)30-8-14-57(15-9-30)32-21-48(22-32)27-59(28-48)46(66)53-41(43(63)58-16-10-33(61)25-58)47(2,3)12-18-56-19-13-49-38(26-56)44(64)65;1-2-9-3-5-10(6-4-9)7-11-8-12/h4-7,20,23-24,29-30,32-33,38,41,49,61-62H,8-19,21-22,25-28H2,1-3H3,(H,52,55)(H,53,66)(H,64,65);1,3-6,8H,7H2,(H,11,12). The minimum Gasteiger partial charge on any atom is -0.507 e. The third kappa shape index (κ3) is 11.7. The number of terminal acetylenes is 1. The largest absolute Gasteiger partial charge is 0.507 e. The van der Waals surface area contributed by atoms with E-state index in [0.717, 1.165) is 97.6 Å². The van der Waals surface area contributed by atoms with Gasteiger partial charge in [-0.3, -0.25) is 19.3 Å². The molecule has 412 valence electrons. The van der Waals surface area contributed by atoms with Gasteiger partial charge in [-0.1, -0.05) is 44.0 Å². The number of carbonyl (C=O) groups excluding carboxylic acids is 3. The Morgan fingerprint density at radius 2 is 1.71 bits per heavy atom. The number of aliphatic hydroxyl groups is 1. The summed E-state index contributed by atoms with van der Waals surface area (Å²) in [6.07, 6.45) is 15.5. The van der Waals surface area contributed by atoms with Gasteiger partial charge in [-0.2, -0.15) is 0 Å². The van der Waals surface area contributed by atoms with Crippen molar-refractivity contribution in [3.8, 4) is 29.4 Å². The van der Waals surface area contributed by atoms with Crippen LogP contribution in [-0.4, -0.2) is 181 Å². The minimum atomic E-state index is -0.870. The van der Waals surface area contributed by atoms with E-state index in [1.54, 1.807) is 17.0 Å². The fourth-order valence-corrected chi connectivity index (χ4v) is 12.6. The van der Waals surface area contributed by atoms with Crippen molar-refractivity contribution in [1.82, 2.24) is 60.7 Å². The van der Waals surface area contributed by atoms with Crippen LogP contribution in [0.3, 0.4) is 0 Å². The first kappa shape index (κ1) is 54.2. The number of hydrogen-bond acceptors (Lipinski definition) is 14. The van der Waals surface area contributed by atoms with E-state index < -0.39 is 29.6 Å². The summed E-state index contributed by atoms with van der Waals surface area (Å²) in [7, 11) is 0. The molecule has 5 aromatic rings.